The number of hydrogen-bond acceptors (Lipinski definition) is 3. The molecule has 1 atom stereocenters. The van der Waals surface area contributed by atoms with Crippen LogP contribution in [0.3, 0.4) is 0 Å². The molecule has 3 nitrogen and oxygen atoms in total. The highest BCUT2D eigenvalue weighted by Crippen LogP contribution is 2.14. The molecule has 0 aliphatic carbocycles. The largest absolute Gasteiger partial charge is 0.448 e. The van der Waals surface area contributed by atoms with Crippen molar-refractivity contribution in [3.05, 3.63) is 0 Å². The minimum atomic E-state index is -0.148. The molecule has 0 spiro atoms. The van der Waals surface area contributed by atoms with Crippen molar-refractivity contribution in [3.63, 3.8) is 0 Å². The molecule has 0 aromatic carbocycles. The van der Waals surface area contributed by atoms with Crippen LogP contribution in [-0.4, -0.2) is 18.6 Å². The highest BCUT2D eigenvalue weighted by molar-refractivity contribution is 5.87. The van der Waals surface area contributed by atoms with Crippen molar-refractivity contribution in [3.8, 4) is 0 Å². The predicted octanol–water partition coefficient (Wildman–Crippen LogP) is -0.739. The summed E-state index contributed by atoms with van der Waals surface area (Å²) in [5.74, 6) is -0.106. The first-order chi connectivity index (χ1) is 3.34. The maximum Gasteiger partial charge on any atom is 0.348 e. The molecule has 7 heavy (non-hydrogen) atoms. The second-order valence-electron chi connectivity index (χ2n) is 1.50. The van der Waals surface area contributed by atoms with Gasteiger partial charge in [0.15, 0.2) is 6.10 Å². The smallest absolute Gasteiger partial charge is 0.348 e. The van der Waals surface area contributed by atoms with Gasteiger partial charge >= 0.3 is 5.97 Å². The average molecular weight is 101 g/mol. The molecule has 0 saturated carbocycles. The lowest BCUT2D eigenvalue weighted by atomic mass is 10.3. The van der Waals surface area contributed by atoms with Gasteiger partial charge in [-0.1, -0.05) is 0 Å². The van der Waals surface area contributed by atoms with Crippen LogP contribution in [0.4, 0.5) is 0 Å². The van der Waals surface area contributed by atoms with Crippen LogP contribution in [0.25, 0.3) is 0 Å². The predicted molar refractivity (Wildman–Crippen MR) is 23.6 cm³/mol. The summed E-state index contributed by atoms with van der Waals surface area (Å²) in [6.07, 6.45) is 0.531. The SMILES string of the molecule is NCCC1OC1=O. The second-order valence-corrected chi connectivity index (χ2v) is 1.50. The summed E-state index contributed by atoms with van der Waals surface area (Å²) in [5.41, 5.74) is 5.10. The fourth-order valence-corrected chi connectivity index (χ4v) is 0.434. The van der Waals surface area contributed by atoms with Gasteiger partial charge < -0.3 is 10.5 Å². The Kier molecular flexibility index (Phi) is 0.982. The zero-order chi connectivity index (χ0) is 5.28. The van der Waals surface area contributed by atoms with Crippen LogP contribution in [-0.2, 0) is 9.53 Å². The monoisotopic (exact) mass is 101 g/mol. The van der Waals surface area contributed by atoms with Gasteiger partial charge in [0.2, 0.25) is 0 Å². The summed E-state index contributed by atoms with van der Waals surface area (Å²) >= 11 is 0. The fourth-order valence-electron chi connectivity index (χ4n) is 0.434. The van der Waals surface area contributed by atoms with E-state index >= 15 is 0 Å². The first kappa shape index (κ1) is 4.59. The summed E-state index contributed by atoms with van der Waals surface area (Å²) in [4.78, 5) is 10.00. The zero-order valence-corrected chi connectivity index (χ0v) is 3.89. The molecule has 40 valence electrons. The number of carbonyl (C=O) groups is 1. The first-order valence-corrected chi connectivity index (χ1v) is 2.25. The van der Waals surface area contributed by atoms with Crippen LogP contribution in [0.1, 0.15) is 6.42 Å². The van der Waals surface area contributed by atoms with Gasteiger partial charge in [0, 0.05) is 6.42 Å². The van der Waals surface area contributed by atoms with E-state index in [1.165, 1.54) is 0 Å². The minimum Gasteiger partial charge on any atom is -0.448 e. The summed E-state index contributed by atoms with van der Waals surface area (Å²) in [6, 6.07) is 0. The third kappa shape index (κ3) is 0.899. The number of rotatable bonds is 2. The maximum atomic E-state index is 10.00. The fraction of sp³-hybridized carbons (Fsp3) is 0.750. The zero-order valence-electron chi connectivity index (χ0n) is 3.89. The van der Waals surface area contributed by atoms with E-state index in [0.29, 0.717) is 13.0 Å². The Hall–Kier alpha value is -0.570. The Labute approximate surface area is 41.4 Å². The van der Waals surface area contributed by atoms with Gasteiger partial charge in [0.05, 0.1) is 0 Å². The number of cyclic esters (lactones) is 1. The van der Waals surface area contributed by atoms with E-state index in [2.05, 4.69) is 4.74 Å². The van der Waals surface area contributed by atoms with Gasteiger partial charge in [-0.15, -0.1) is 0 Å². The molecule has 1 aliphatic rings. The van der Waals surface area contributed by atoms with Crippen LogP contribution in [0, 0.1) is 0 Å². The van der Waals surface area contributed by atoms with E-state index in [-0.39, 0.29) is 12.1 Å². The molecular weight excluding hydrogens is 94.0 g/mol. The molecule has 1 saturated heterocycles. The molecule has 0 aromatic heterocycles. The van der Waals surface area contributed by atoms with Crippen molar-refractivity contribution in [2.24, 2.45) is 5.73 Å². The summed E-state index contributed by atoms with van der Waals surface area (Å²) in [7, 11) is 0. The summed E-state index contributed by atoms with van der Waals surface area (Å²) in [5, 5.41) is 0. The van der Waals surface area contributed by atoms with Crippen molar-refractivity contribution in [2.45, 2.75) is 12.5 Å². The molecule has 1 unspecified atom stereocenters. The topological polar surface area (TPSA) is 55.6 Å². The van der Waals surface area contributed by atoms with Crippen molar-refractivity contribution in [1.82, 2.24) is 0 Å². The first-order valence-electron chi connectivity index (χ1n) is 2.25. The van der Waals surface area contributed by atoms with Gasteiger partial charge in [-0.25, -0.2) is 4.79 Å². The van der Waals surface area contributed by atoms with Crippen molar-refractivity contribution in [1.29, 1.82) is 0 Å². The average Bonchev–Trinajstić information content (AvgIpc) is 2.22. The lowest BCUT2D eigenvalue weighted by Crippen LogP contribution is -2.02. The van der Waals surface area contributed by atoms with Gasteiger partial charge in [-0.05, 0) is 6.54 Å². The molecule has 0 amide bonds. The third-order valence-corrected chi connectivity index (χ3v) is 0.893. The van der Waals surface area contributed by atoms with Crippen LogP contribution in [0.15, 0.2) is 0 Å². The third-order valence-electron chi connectivity index (χ3n) is 0.893. The molecule has 0 aromatic rings. The summed E-state index contributed by atoms with van der Waals surface area (Å²) in [6.45, 7) is 0.538. The number of ether oxygens (including phenoxy) is 1. The number of epoxide rings is 1. The Morgan fingerprint density at radius 2 is 2.43 bits per heavy atom. The Balaban J connectivity index is 2.09. The normalized spacial score (nSPS) is 27.0. The van der Waals surface area contributed by atoms with E-state index in [1.807, 2.05) is 0 Å². The molecule has 1 heterocycles. The lowest BCUT2D eigenvalue weighted by molar-refractivity contribution is -0.117. The van der Waals surface area contributed by atoms with E-state index in [1.54, 1.807) is 0 Å². The molecular formula is C4H7NO2. The van der Waals surface area contributed by atoms with E-state index < -0.39 is 0 Å². The number of hydrogen-bond donors (Lipinski definition) is 1. The highest BCUT2D eigenvalue weighted by Gasteiger charge is 2.36. The van der Waals surface area contributed by atoms with Crippen LogP contribution >= 0.6 is 0 Å². The van der Waals surface area contributed by atoms with Crippen molar-refractivity contribution >= 4 is 5.97 Å². The van der Waals surface area contributed by atoms with Crippen LogP contribution in [0.2, 0.25) is 0 Å². The number of carbonyl (C=O) groups excluding carboxylic acids is 1. The van der Waals surface area contributed by atoms with E-state index in [0.717, 1.165) is 0 Å². The van der Waals surface area contributed by atoms with Crippen LogP contribution in [0.5, 0.6) is 0 Å². The number of nitrogens with two attached hydrogens (primary N) is 1. The summed E-state index contributed by atoms with van der Waals surface area (Å²) < 4.78 is 4.44. The highest BCUT2D eigenvalue weighted by atomic mass is 16.6. The molecule has 2 N–H and O–H groups in total. The van der Waals surface area contributed by atoms with Crippen molar-refractivity contribution in [2.75, 3.05) is 6.54 Å². The van der Waals surface area contributed by atoms with Gasteiger partial charge in [0.1, 0.15) is 0 Å². The van der Waals surface area contributed by atoms with E-state index in [4.69, 9.17) is 5.73 Å². The van der Waals surface area contributed by atoms with E-state index in [9.17, 15) is 4.79 Å². The Bertz CT molecular complexity index is 91.7. The molecule has 1 rings (SSSR count). The van der Waals surface area contributed by atoms with Crippen LogP contribution < -0.4 is 5.73 Å². The molecule has 1 aliphatic heterocycles. The molecule has 1 fully saturated rings. The Morgan fingerprint density at radius 1 is 1.86 bits per heavy atom. The molecule has 0 radical (unpaired) electrons. The van der Waals surface area contributed by atoms with Crippen molar-refractivity contribution < 1.29 is 9.53 Å². The quantitative estimate of drug-likeness (QED) is 0.466. The second kappa shape index (κ2) is 1.50. The van der Waals surface area contributed by atoms with Gasteiger partial charge in [0.25, 0.3) is 0 Å². The maximum absolute atomic E-state index is 10.00. The Morgan fingerprint density at radius 3 is 2.57 bits per heavy atom. The minimum absolute atomic E-state index is 0.106. The van der Waals surface area contributed by atoms with Gasteiger partial charge in [-0.3, -0.25) is 0 Å². The standard InChI is InChI=1S/C4H7NO2/c5-2-1-3-4(6)7-3/h3H,1-2,5H2. The molecule has 0 bridgehead atoms. The molecule has 3 heteroatoms. The lowest BCUT2D eigenvalue weighted by Gasteiger charge is -1.78. The van der Waals surface area contributed by atoms with Gasteiger partial charge in [-0.2, -0.15) is 0 Å².